The number of nitrogens with two attached hydrogens (primary N) is 1. The quantitative estimate of drug-likeness (QED) is 0.722. The van der Waals surface area contributed by atoms with E-state index in [1.807, 2.05) is 11.8 Å². The molecule has 1 aliphatic rings. The predicted octanol–water partition coefficient (Wildman–Crippen LogP) is 0.135. The van der Waals surface area contributed by atoms with E-state index in [0.717, 1.165) is 39.1 Å². The van der Waals surface area contributed by atoms with Crippen LogP contribution in [0.3, 0.4) is 0 Å². The summed E-state index contributed by atoms with van der Waals surface area (Å²) in [6.07, 6.45) is 0.932. The second kappa shape index (κ2) is 6.08. The van der Waals surface area contributed by atoms with E-state index in [1.165, 1.54) is 0 Å². The van der Waals surface area contributed by atoms with E-state index in [9.17, 15) is 4.79 Å². The van der Waals surface area contributed by atoms with Crippen molar-refractivity contribution >= 4 is 5.91 Å². The van der Waals surface area contributed by atoms with Gasteiger partial charge in [0, 0.05) is 45.2 Å². The fraction of sp³-hybridized carbons (Fsp3) is 0.909. The highest BCUT2D eigenvalue weighted by molar-refractivity contribution is 5.78. The Morgan fingerprint density at radius 1 is 1.33 bits per heavy atom. The van der Waals surface area contributed by atoms with Gasteiger partial charge in [0.05, 0.1) is 0 Å². The van der Waals surface area contributed by atoms with Gasteiger partial charge in [-0.05, 0) is 6.42 Å². The van der Waals surface area contributed by atoms with E-state index in [0.29, 0.717) is 12.5 Å². The van der Waals surface area contributed by atoms with E-state index < -0.39 is 0 Å². The number of hydrogen-bond donors (Lipinski definition) is 1. The molecule has 0 aromatic rings. The second-order valence-electron chi connectivity index (χ2n) is 4.26. The van der Waals surface area contributed by atoms with E-state index in [2.05, 4.69) is 11.8 Å². The largest absolute Gasteiger partial charge is 0.340 e. The Balaban J connectivity index is 2.33. The molecule has 0 saturated carbocycles. The summed E-state index contributed by atoms with van der Waals surface area (Å²) in [6, 6.07) is 0. The van der Waals surface area contributed by atoms with Gasteiger partial charge in [0.15, 0.2) is 0 Å². The Morgan fingerprint density at radius 2 is 1.93 bits per heavy atom. The maximum Gasteiger partial charge on any atom is 0.225 e. The summed E-state index contributed by atoms with van der Waals surface area (Å²) in [5.41, 5.74) is 5.50. The average molecular weight is 213 g/mol. The number of piperazine rings is 1. The third kappa shape index (κ3) is 3.47. The van der Waals surface area contributed by atoms with Crippen LogP contribution < -0.4 is 5.73 Å². The van der Waals surface area contributed by atoms with Crippen LogP contribution in [0.15, 0.2) is 0 Å². The van der Waals surface area contributed by atoms with E-state index >= 15 is 0 Å². The molecular formula is C11H23N3O. The lowest BCUT2D eigenvalue weighted by Gasteiger charge is -2.35. The fourth-order valence-corrected chi connectivity index (χ4v) is 1.86. The molecule has 0 aromatic carbocycles. The van der Waals surface area contributed by atoms with Crippen LogP contribution >= 0.6 is 0 Å². The van der Waals surface area contributed by atoms with Crippen LogP contribution in [-0.2, 0) is 4.79 Å². The minimum atomic E-state index is 0.172. The fourth-order valence-electron chi connectivity index (χ4n) is 1.86. The molecule has 88 valence electrons. The van der Waals surface area contributed by atoms with Gasteiger partial charge >= 0.3 is 0 Å². The average Bonchev–Trinajstić information content (AvgIpc) is 2.28. The third-order valence-corrected chi connectivity index (χ3v) is 3.16. The lowest BCUT2D eigenvalue weighted by Crippen LogP contribution is -2.50. The molecule has 0 bridgehead atoms. The molecular weight excluding hydrogens is 190 g/mol. The van der Waals surface area contributed by atoms with Gasteiger partial charge in [0.1, 0.15) is 0 Å². The summed E-state index contributed by atoms with van der Waals surface area (Å²) in [4.78, 5) is 16.2. The number of amides is 1. The van der Waals surface area contributed by atoms with Gasteiger partial charge in [-0.25, -0.2) is 0 Å². The maximum absolute atomic E-state index is 11.9. The van der Waals surface area contributed by atoms with Crippen molar-refractivity contribution in [1.29, 1.82) is 0 Å². The Morgan fingerprint density at radius 3 is 2.40 bits per heavy atom. The number of hydrogen-bond acceptors (Lipinski definition) is 3. The van der Waals surface area contributed by atoms with Crippen molar-refractivity contribution in [2.24, 2.45) is 11.7 Å². The Labute approximate surface area is 92.4 Å². The zero-order valence-electron chi connectivity index (χ0n) is 9.91. The highest BCUT2D eigenvalue weighted by Gasteiger charge is 2.23. The zero-order valence-corrected chi connectivity index (χ0v) is 9.91. The topological polar surface area (TPSA) is 49.6 Å². The molecule has 1 saturated heterocycles. The molecule has 0 aromatic heterocycles. The van der Waals surface area contributed by atoms with Gasteiger partial charge in [0.2, 0.25) is 5.91 Å². The first-order valence-corrected chi connectivity index (χ1v) is 5.90. The SMILES string of the molecule is CCC(C)C(=O)N1CCN(CCN)CC1. The second-order valence-corrected chi connectivity index (χ2v) is 4.26. The summed E-state index contributed by atoms with van der Waals surface area (Å²) >= 11 is 0. The Hall–Kier alpha value is -0.610. The van der Waals surface area contributed by atoms with Crippen molar-refractivity contribution in [3.63, 3.8) is 0 Å². The summed E-state index contributed by atoms with van der Waals surface area (Å²) < 4.78 is 0. The summed E-state index contributed by atoms with van der Waals surface area (Å²) in [5, 5.41) is 0. The van der Waals surface area contributed by atoms with E-state index in [1.54, 1.807) is 0 Å². The summed E-state index contributed by atoms with van der Waals surface area (Å²) in [5.74, 6) is 0.482. The monoisotopic (exact) mass is 213 g/mol. The number of rotatable bonds is 4. The number of nitrogens with zero attached hydrogens (tertiary/aromatic N) is 2. The van der Waals surface area contributed by atoms with Crippen LogP contribution in [0.25, 0.3) is 0 Å². The molecule has 4 nitrogen and oxygen atoms in total. The van der Waals surface area contributed by atoms with Crippen LogP contribution in [-0.4, -0.2) is 55.0 Å². The zero-order chi connectivity index (χ0) is 11.3. The minimum Gasteiger partial charge on any atom is -0.340 e. The highest BCUT2D eigenvalue weighted by atomic mass is 16.2. The van der Waals surface area contributed by atoms with Gasteiger partial charge < -0.3 is 10.6 Å². The van der Waals surface area contributed by atoms with Crippen molar-refractivity contribution in [2.75, 3.05) is 39.3 Å². The van der Waals surface area contributed by atoms with Crippen LogP contribution in [0.5, 0.6) is 0 Å². The van der Waals surface area contributed by atoms with Gasteiger partial charge in [-0.1, -0.05) is 13.8 Å². The first kappa shape index (κ1) is 12.5. The standard InChI is InChI=1S/C11H23N3O/c1-3-10(2)11(15)14-8-6-13(5-4-12)7-9-14/h10H,3-9,12H2,1-2H3. The van der Waals surface area contributed by atoms with Gasteiger partial charge in [-0.3, -0.25) is 9.69 Å². The Bertz CT molecular complexity index is 200. The molecule has 0 radical (unpaired) electrons. The maximum atomic E-state index is 11.9. The molecule has 2 N–H and O–H groups in total. The van der Waals surface area contributed by atoms with E-state index in [4.69, 9.17) is 5.73 Å². The van der Waals surface area contributed by atoms with Gasteiger partial charge in [-0.15, -0.1) is 0 Å². The van der Waals surface area contributed by atoms with Gasteiger partial charge in [-0.2, -0.15) is 0 Å². The molecule has 1 unspecified atom stereocenters. The smallest absolute Gasteiger partial charge is 0.225 e. The summed E-state index contributed by atoms with van der Waals surface area (Å²) in [6.45, 7) is 9.40. The number of carbonyl (C=O) groups excluding carboxylic acids is 1. The molecule has 1 rings (SSSR count). The molecule has 0 spiro atoms. The van der Waals surface area contributed by atoms with Crippen molar-refractivity contribution in [3.05, 3.63) is 0 Å². The predicted molar refractivity (Wildman–Crippen MR) is 61.5 cm³/mol. The molecule has 1 aliphatic heterocycles. The van der Waals surface area contributed by atoms with Crippen molar-refractivity contribution in [2.45, 2.75) is 20.3 Å². The van der Waals surface area contributed by atoms with E-state index in [-0.39, 0.29) is 5.92 Å². The van der Waals surface area contributed by atoms with Crippen LogP contribution in [0, 0.1) is 5.92 Å². The highest BCUT2D eigenvalue weighted by Crippen LogP contribution is 2.09. The van der Waals surface area contributed by atoms with Crippen molar-refractivity contribution in [3.8, 4) is 0 Å². The molecule has 4 heteroatoms. The lowest BCUT2D eigenvalue weighted by molar-refractivity contribution is -0.136. The molecule has 15 heavy (non-hydrogen) atoms. The first-order valence-electron chi connectivity index (χ1n) is 5.90. The normalized spacial score (nSPS) is 20.3. The van der Waals surface area contributed by atoms with Crippen LogP contribution in [0.4, 0.5) is 0 Å². The van der Waals surface area contributed by atoms with Crippen LogP contribution in [0.2, 0.25) is 0 Å². The minimum absolute atomic E-state index is 0.172. The third-order valence-electron chi connectivity index (χ3n) is 3.16. The van der Waals surface area contributed by atoms with Gasteiger partial charge in [0.25, 0.3) is 0 Å². The Kier molecular flexibility index (Phi) is 5.05. The molecule has 1 atom stereocenters. The first-order chi connectivity index (χ1) is 7.19. The molecule has 1 heterocycles. The van der Waals surface area contributed by atoms with Crippen LogP contribution in [0.1, 0.15) is 20.3 Å². The molecule has 0 aliphatic carbocycles. The molecule has 1 amide bonds. The van der Waals surface area contributed by atoms with Crippen molar-refractivity contribution < 1.29 is 4.79 Å². The number of carbonyl (C=O) groups is 1. The lowest BCUT2D eigenvalue weighted by atomic mass is 10.1. The summed E-state index contributed by atoms with van der Waals surface area (Å²) in [7, 11) is 0. The molecule has 1 fully saturated rings. The van der Waals surface area contributed by atoms with Crippen molar-refractivity contribution in [1.82, 2.24) is 9.80 Å².